The lowest BCUT2D eigenvalue weighted by molar-refractivity contribution is -0.116. The fraction of sp³-hybridized carbons (Fsp3) is 0.500. The Balaban J connectivity index is 3.05. The Hall–Kier alpha value is -1.69. The molecule has 0 atom stereocenters. The smallest absolute Gasteiger partial charge is 0.237 e. The zero-order valence-electron chi connectivity index (χ0n) is 9.55. The van der Waals surface area contributed by atoms with Gasteiger partial charge in [-0.2, -0.15) is 0 Å². The van der Waals surface area contributed by atoms with Gasteiger partial charge in [-0.1, -0.05) is 0 Å². The van der Waals surface area contributed by atoms with Crippen LogP contribution in [0.4, 0.5) is 5.82 Å². The summed E-state index contributed by atoms with van der Waals surface area (Å²) >= 11 is 0. The Morgan fingerprint density at radius 3 is 2.56 bits per heavy atom. The van der Waals surface area contributed by atoms with E-state index in [9.17, 15) is 4.79 Å². The number of rotatable bonds is 5. The van der Waals surface area contributed by atoms with Gasteiger partial charge in [0.1, 0.15) is 0 Å². The van der Waals surface area contributed by atoms with Gasteiger partial charge in [0.2, 0.25) is 5.91 Å². The van der Waals surface area contributed by atoms with Gasteiger partial charge in [-0.15, -0.1) is 0 Å². The molecule has 0 fully saturated rings. The summed E-state index contributed by atoms with van der Waals surface area (Å²) in [5.74, 6) is 0.223. The zero-order valence-corrected chi connectivity index (χ0v) is 9.55. The van der Waals surface area contributed by atoms with Gasteiger partial charge < -0.3 is 16.4 Å². The molecule has 0 unspecified atom stereocenters. The van der Waals surface area contributed by atoms with Crippen LogP contribution in [0.15, 0.2) is 12.4 Å². The van der Waals surface area contributed by atoms with E-state index in [1.54, 1.807) is 17.3 Å². The van der Waals surface area contributed by atoms with Crippen LogP contribution in [0.25, 0.3) is 0 Å². The van der Waals surface area contributed by atoms with Crippen molar-refractivity contribution in [2.24, 2.45) is 11.5 Å². The highest BCUT2D eigenvalue weighted by molar-refractivity contribution is 5.79. The number of hydrogen-bond donors (Lipinski definition) is 2. The van der Waals surface area contributed by atoms with Crippen molar-refractivity contribution in [1.29, 1.82) is 0 Å². The molecule has 6 nitrogen and oxygen atoms in total. The molecule has 1 heterocycles. The first-order valence-electron chi connectivity index (χ1n) is 5.11. The molecule has 1 amide bonds. The van der Waals surface area contributed by atoms with E-state index in [2.05, 4.69) is 9.97 Å². The maximum Gasteiger partial charge on any atom is 0.237 e. The van der Waals surface area contributed by atoms with E-state index in [0.29, 0.717) is 11.5 Å². The first-order valence-corrected chi connectivity index (χ1v) is 5.11. The van der Waals surface area contributed by atoms with Gasteiger partial charge in [0.25, 0.3) is 0 Å². The van der Waals surface area contributed by atoms with Crippen molar-refractivity contribution in [3.8, 4) is 0 Å². The summed E-state index contributed by atoms with van der Waals surface area (Å²) in [5.41, 5.74) is 11.4. The third-order valence-electron chi connectivity index (χ3n) is 2.17. The van der Waals surface area contributed by atoms with Crippen LogP contribution in [0.3, 0.4) is 0 Å². The van der Waals surface area contributed by atoms with Gasteiger partial charge in [0.05, 0.1) is 12.2 Å². The molecule has 0 aromatic carbocycles. The topological polar surface area (TPSA) is 98.1 Å². The Morgan fingerprint density at radius 1 is 1.44 bits per heavy atom. The highest BCUT2D eigenvalue weighted by Gasteiger charge is 2.17. The second-order valence-electron chi connectivity index (χ2n) is 3.72. The maximum atomic E-state index is 11.0. The van der Waals surface area contributed by atoms with Gasteiger partial charge in [0, 0.05) is 25.0 Å². The van der Waals surface area contributed by atoms with Crippen LogP contribution in [0.2, 0.25) is 0 Å². The molecule has 4 N–H and O–H groups in total. The summed E-state index contributed by atoms with van der Waals surface area (Å²) in [7, 11) is 0. The number of amides is 1. The average molecular weight is 223 g/mol. The zero-order chi connectivity index (χ0) is 12.1. The molecule has 88 valence electrons. The van der Waals surface area contributed by atoms with Crippen molar-refractivity contribution >= 4 is 11.7 Å². The van der Waals surface area contributed by atoms with Gasteiger partial charge in [-0.25, -0.2) is 4.98 Å². The average Bonchev–Trinajstić information content (AvgIpc) is 2.25. The minimum atomic E-state index is -0.401. The molecule has 0 aliphatic rings. The summed E-state index contributed by atoms with van der Waals surface area (Å²) < 4.78 is 0. The third kappa shape index (κ3) is 2.90. The van der Waals surface area contributed by atoms with Crippen LogP contribution in [0.5, 0.6) is 0 Å². The van der Waals surface area contributed by atoms with E-state index in [1.165, 1.54) is 0 Å². The maximum absolute atomic E-state index is 11.0. The fourth-order valence-electron chi connectivity index (χ4n) is 1.41. The van der Waals surface area contributed by atoms with Crippen LogP contribution in [0, 0.1) is 0 Å². The molecule has 1 rings (SSSR count). The van der Waals surface area contributed by atoms with Crippen molar-refractivity contribution in [2.75, 3.05) is 11.4 Å². The summed E-state index contributed by atoms with van der Waals surface area (Å²) in [6, 6.07) is 0.106. The molecule has 0 aliphatic heterocycles. The molecule has 1 aromatic heterocycles. The Labute approximate surface area is 94.7 Å². The van der Waals surface area contributed by atoms with Crippen LogP contribution < -0.4 is 16.4 Å². The number of carbonyl (C=O) groups is 1. The number of aromatic nitrogens is 2. The monoisotopic (exact) mass is 223 g/mol. The standard InChI is InChI=1S/C10H17N5O/c1-7(2)15(6-9(12)16)10-8(5-11)13-3-4-14-10/h3-4,7H,5-6,11H2,1-2H3,(H2,12,16). The fourth-order valence-corrected chi connectivity index (χ4v) is 1.41. The Kier molecular flexibility index (Phi) is 4.19. The van der Waals surface area contributed by atoms with E-state index in [0.717, 1.165) is 0 Å². The number of anilines is 1. The minimum absolute atomic E-state index is 0.106. The summed E-state index contributed by atoms with van der Waals surface area (Å²) in [4.78, 5) is 21.1. The second kappa shape index (κ2) is 5.41. The highest BCUT2D eigenvalue weighted by Crippen LogP contribution is 2.16. The van der Waals surface area contributed by atoms with Crippen molar-refractivity contribution < 1.29 is 4.79 Å². The normalized spacial score (nSPS) is 10.5. The predicted molar refractivity (Wildman–Crippen MR) is 61.6 cm³/mol. The van der Waals surface area contributed by atoms with Crippen molar-refractivity contribution in [3.05, 3.63) is 18.1 Å². The van der Waals surface area contributed by atoms with E-state index >= 15 is 0 Å². The number of nitrogens with zero attached hydrogens (tertiary/aromatic N) is 3. The van der Waals surface area contributed by atoms with E-state index in [4.69, 9.17) is 11.5 Å². The Bertz CT molecular complexity index is 366. The predicted octanol–water partition coefficient (Wildman–Crippen LogP) is -0.365. The molecule has 16 heavy (non-hydrogen) atoms. The molecule has 0 bridgehead atoms. The van der Waals surface area contributed by atoms with Crippen LogP contribution >= 0.6 is 0 Å². The first-order chi connectivity index (χ1) is 7.56. The number of hydrogen-bond acceptors (Lipinski definition) is 5. The van der Waals surface area contributed by atoms with Crippen molar-refractivity contribution in [3.63, 3.8) is 0 Å². The largest absolute Gasteiger partial charge is 0.368 e. The number of carbonyl (C=O) groups excluding carboxylic acids is 1. The SMILES string of the molecule is CC(C)N(CC(N)=O)c1nccnc1CN. The molecule has 0 spiro atoms. The van der Waals surface area contributed by atoms with E-state index in [-0.39, 0.29) is 19.1 Å². The molecular formula is C10H17N5O. The van der Waals surface area contributed by atoms with E-state index < -0.39 is 5.91 Å². The molecule has 0 saturated heterocycles. The third-order valence-corrected chi connectivity index (χ3v) is 2.17. The van der Waals surface area contributed by atoms with Crippen LogP contribution in [-0.4, -0.2) is 28.5 Å². The summed E-state index contributed by atoms with van der Waals surface area (Å²) in [6.07, 6.45) is 3.15. The second-order valence-corrected chi connectivity index (χ2v) is 3.72. The molecule has 0 aliphatic carbocycles. The lowest BCUT2D eigenvalue weighted by atomic mass is 10.2. The summed E-state index contributed by atoms with van der Waals surface area (Å²) in [6.45, 7) is 4.31. The first kappa shape index (κ1) is 12.4. The lowest BCUT2D eigenvalue weighted by Crippen LogP contribution is -2.40. The number of primary amides is 1. The van der Waals surface area contributed by atoms with Gasteiger partial charge in [-0.05, 0) is 13.8 Å². The van der Waals surface area contributed by atoms with Crippen molar-refractivity contribution in [2.45, 2.75) is 26.4 Å². The lowest BCUT2D eigenvalue weighted by Gasteiger charge is -2.27. The minimum Gasteiger partial charge on any atom is -0.368 e. The van der Waals surface area contributed by atoms with Gasteiger partial charge >= 0.3 is 0 Å². The van der Waals surface area contributed by atoms with Gasteiger partial charge in [0.15, 0.2) is 5.82 Å². The molecule has 1 aromatic rings. The highest BCUT2D eigenvalue weighted by atomic mass is 16.1. The van der Waals surface area contributed by atoms with Crippen molar-refractivity contribution in [1.82, 2.24) is 9.97 Å². The molecule has 0 radical (unpaired) electrons. The van der Waals surface area contributed by atoms with Gasteiger partial charge in [-0.3, -0.25) is 9.78 Å². The van der Waals surface area contributed by atoms with Crippen LogP contribution in [-0.2, 0) is 11.3 Å². The summed E-state index contributed by atoms with van der Waals surface area (Å²) in [5, 5.41) is 0. The van der Waals surface area contributed by atoms with E-state index in [1.807, 2.05) is 13.8 Å². The van der Waals surface area contributed by atoms with Crippen LogP contribution in [0.1, 0.15) is 19.5 Å². The quantitative estimate of drug-likeness (QED) is 0.710. The molecule has 0 saturated carbocycles. The number of nitrogens with two attached hydrogens (primary N) is 2. The Morgan fingerprint density at radius 2 is 2.06 bits per heavy atom. The molecule has 6 heteroatoms. The molecular weight excluding hydrogens is 206 g/mol.